The quantitative estimate of drug-likeness (QED) is 0.803. The number of carboxylic acids is 1. The summed E-state index contributed by atoms with van der Waals surface area (Å²) >= 11 is 0. The number of ketones is 1. The summed E-state index contributed by atoms with van der Waals surface area (Å²) in [7, 11) is 0. The van der Waals surface area contributed by atoms with E-state index in [9.17, 15) is 14.0 Å². The molecule has 98 valence electrons. The van der Waals surface area contributed by atoms with Gasteiger partial charge in [-0.25, -0.2) is 4.39 Å². The van der Waals surface area contributed by atoms with Crippen LogP contribution in [0.2, 0.25) is 0 Å². The van der Waals surface area contributed by atoms with Crippen LogP contribution in [0, 0.1) is 5.82 Å². The number of rotatable bonds is 7. The molecule has 1 rings (SSSR count). The van der Waals surface area contributed by atoms with Crippen molar-refractivity contribution in [2.45, 2.75) is 19.9 Å². The Morgan fingerprint density at radius 3 is 2.39 bits per heavy atom. The van der Waals surface area contributed by atoms with Crippen molar-refractivity contribution in [3.63, 3.8) is 0 Å². The van der Waals surface area contributed by atoms with Crippen LogP contribution in [-0.4, -0.2) is 34.8 Å². The van der Waals surface area contributed by atoms with Gasteiger partial charge in [-0.3, -0.25) is 14.5 Å². The molecule has 0 aliphatic rings. The van der Waals surface area contributed by atoms with Gasteiger partial charge < -0.3 is 5.11 Å². The number of hydrogen-bond donors (Lipinski definition) is 1. The predicted octanol–water partition coefficient (Wildman–Crippen LogP) is 1.69. The molecule has 18 heavy (non-hydrogen) atoms. The van der Waals surface area contributed by atoms with Crippen LogP contribution in [0.15, 0.2) is 24.3 Å². The second kappa shape index (κ2) is 6.86. The van der Waals surface area contributed by atoms with Crippen molar-refractivity contribution in [3.05, 3.63) is 35.6 Å². The van der Waals surface area contributed by atoms with E-state index < -0.39 is 5.97 Å². The number of nitrogens with zero attached hydrogens (tertiary/aromatic N) is 1. The summed E-state index contributed by atoms with van der Waals surface area (Å²) in [5.74, 6) is -1.24. The highest BCUT2D eigenvalue weighted by molar-refractivity contribution is 5.77. The molecule has 1 aromatic carbocycles. The van der Waals surface area contributed by atoms with E-state index in [0.717, 1.165) is 5.56 Å². The molecular formula is C13H16FNO3. The Balaban J connectivity index is 2.61. The first kappa shape index (κ1) is 14.3. The molecule has 0 heterocycles. The molecule has 0 aliphatic carbocycles. The minimum Gasteiger partial charge on any atom is -0.481 e. The average molecular weight is 253 g/mol. The van der Waals surface area contributed by atoms with Gasteiger partial charge in [0.25, 0.3) is 0 Å². The molecule has 0 aromatic heterocycles. The van der Waals surface area contributed by atoms with E-state index in [1.165, 1.54) is 19.1 Å². The van der Waals surface area contributed by atoms with Crippen LogP contribution in [0.1, 0.15) is 18.9 Å². The summed E-state index contributed by atoms with van der Waals surface area (Å²) < 4.78 is 12.7. The van der Waals surface area contributed by atoms with Crippen LogP contribution < -0.4 is 0 Å². The van der Waals surface area contributed by atoms with Crippen molar-refractivity contribution >= 4 is 11.8 Å². The second-order valence-electron chi connectivity index (χ2n) is 4.18. The van der Waals surface area contributed by atoms with Crippen molar-refractivity contribution < 1.29 is 19.1 Å². The number of Topliss-reactive ketones (excluding diaryl/α,β-unsaturated/α-hetero) is 1. The van der Waals surface area contributed by atoms with E-state index in [-0.39, 0.29) is 24.6 Å². The minimum absolute atomic E-state index is 0.0194. The third kappa shape index (κ3) is 5.54. The molecule has 0 bridgehead atoms. The summed E-state index contributed by atoms with van der Waals surface area (Å²) in [4.78, 5) is 23.4. The van der Waals surface area contributed by atoms with Gasteiger partial charge in [-0.15, -0.1) is 0 Å². The van der Waals surface area contributed by atoms with Crippen LogP contribution in [0.25, 0.3) is 0 Å². The number of carbonyl (C=O) groups excluding carboxylic acids is 1. The summed E-state index contributed by atoms with van der Waals surface area (Å²) in [6, 6.07) is 5.95. The lowest BCUT2D eigenvalue weighted by Crippen LogP contribution is -2.30. The average Bonchev–Trinajstić information content (AvgIpc) is 2.28. The Morgan fingerprint density at radius 2 is 1.89 bits per heavy atom. The van der Waals surface area contributed by atoms with Crippen molar-refractivity contribution in [1.82, 2.24) is 4.90 Å². The van der Waals surface area contributed by atoms with E-state index >= 15 is 0 Å². The largest absolute Gasteiger partial charge is 0.481 e. The fraction of sp³-hybridized carbons (Fsp3) is 0.385. The lowest BCUT2D eigenvalue weighted by molar-refractivity contribution is -0.137. The summed E-state index contributed by atoms with van der Waals surface area (Å²) in [5, 5.41) is 8.64. The molecule has 1 aromatic rings. The smallest absolute Gasteiger partial charge is 0.304 e. The normalized spacial score (nSPS) is 10.6. The maximum absolute atomic E-state index is 12.7. The molecule has 0 spiro atoms. The summed E-state index contributed by atoms with van der Waals surface area (Å²) in [6.45, 7) is 2.39. The Kier molecular flexibility index (Phi) is 5.45. The van der Waals surface area contributed by atoms with E-state index in [1.807, 2.05) is 0 Å². The Hall–Kier alpha value is -1.75. The number of carboxylic acid groups (broad SMARTS) is 1. The molecule has 4 nitrogen and oxygen atoms in total. The van der Waals surface area contributed by atoms with E-state index in [2.05, 4.69) is 0 Å². The van der Waals surface area contributed by atoms with Gasteiger partial charge in [0.2, 0.25) is 0 Å². The van der Waals surface area contributed by atoms with Crippen molar-refractivity contribution in [1.29, 1.82) is 0 Å². The maximum Gasteiger partial charge on any atom is 0.304 e. The van der Waals surface area contributed by atoms with Gasteiger partial charge in [-0.1, -0.05) is 12.1 Å². The molecule has 0 saturated carbocycles. The summed E-state index contributed by atoms with van der Waals surface area (Å²) in [6.07, 6.45) is -0.0194. The van der Waals surface area contributed by atoms with Crippen molar-refractivity contribution in [3.8, 4) is 0 Å². The van der Waals surface area contributed by atoms with Gasteiger partial charge in [-0.05, 0) is 24.6 Å². The van der Waals surface area contributed by atoms with Gasteiger partial charge in [0.15, 0.2) is 0 Å². The lowest BCUT2D eigenvalue weighted by atomic mass is 10.2. The fourth-order valence-corrected chi connectivity index (χ4v) is 1.63. The Bertz CT molecular complexity index is 417. The molecule has 0 radical (unpaired) electrons. The maximum atomic E-state index is 12.7. The SMILES string of the molecule is CC(=O)CN(CCC(=O)O)Cc1ccc(F)cc1. The first-order chi connectivity index (χ1) is 8.47. The minimum atomic E-state index is -0.900. The van der Waals surface area contributed by atoms with E-state index in [4.69, 9.17) is 5.11 Å². The fourth-order valence-electron chi connectivity index (χ4n) is 1.63. The molecule has 0 unspecified atom stereocenters. The number of benzene rings is 1. The Morgan fingerprint density at radius 1 is 1.28 bits per heavy atom. The number of aliphatic carboxylic acids is 1. The summed E-state index contributed by atoms with van der Waals surface area (Å²) in [5.41, 5.74) is 0.850. The lowest BCUT2D eigenvalue weighted by Gasteiger charge is -2.20. The highest BCUT2D eigenvalue weighted by Crippen LogP contribution is 2.07. The van der Waals surface area contributed by atoms with Crippen LogP contribution in [0.3, 0.4) is 0 Å². The third-order valence-electron chi connectivity index (χ3n) is 2.41. The number of carbonyl (C=O) groups is 2. The molecule has 5 heteroatoms. The van der Waals surface area contributed by atoms with Crippen LogP contribution in [0.5, 0.6) is 0 Å². The van der Waals surface area contributed by atoms with Gasteiger partial charge >= 0.3 is 5.97 Å². The highest BCUT2D eigenvalue weighted by Gasteiger charge is 2.10. The zero-order valence-corrected chi connectivity index (χ0v) is 10.2. The van der Waals surface area contributed by atoms with Gasteiger partial charge in [0.1, 0.15) is 11.6 Å². The number of halogens is 1. The first-order valence-corrected chi connectivity index (χ1v) is 5.65. The molecular weight excluding hydrogens is 237 g/mol. The zero-order chi connectivity index (χ0) is 13.5. The first-order valence-electron chi connectivity index (χ1n) is 5.65. The van der Waals surface area contributed by atoms with Crippen LogP contribution in [0.4, 0.5) is 4.39 Å². The number of hydrogen-bond acceptors (Lipinski definition) is 3. The molecule has 0 saturated heterocycles. The second-order valence-corrected chi connectivity index (χ2v) is 4.18. The molecule has 0 aliphatic heterocycles. The van der Waals surface area contributed by atoms with Gasteiger partial charge in [-0.2, -0.15) is 0 Å². The van der Waals surface area contributed by atoms with Crippen molar-refractivity contribution in [2.75, 3.05) is 13.1 Å². The third-order valence-corrected chi connectivity index (χ3v) is 2.41. The van der Waals surface area contributed by atoms with E-state index in [1.54, 1.807) is 17.0 Å². The topological polar surface area (TPSA) is 57.6 Å². The molecule has 1 N–H and O–H groups in total. The van der Waals surface area contributed by atoms with Crippen LogP contribution in [-0.2, 0) is 16.1 Å². The Labute approximate surface area is 105 Å². The van der Waals surface area contributed by atoms with Crippen LogP contribution >= 0.6 is 0 Å². The monoisotopic (exact) mass is 253 g/mol. The molecule has 0 amide bonds. The molecule has 0 atom stereocenters. The zero-order valence-electron chi connectivity index (χ0n) is 10.2. The predicted molar refractivity (Wildman–Crippen MR) is 64.6 cm³/mol. The standard InChI is InChI=1S/C13H16FNO3/c1-10(16)8-15(7-6-13(17)18)9-11-2-4-12(14)5-3-11/h2-5H,6-9H2,1H3,(H,17,18). The van der Waals surface area contributed by atoms with Crippen molar-refractivity contribution in [2.24, 2.45) is 0 Å². The highest BCUT2D eigenvalue weighted by atomic mass is 19.1. The molecule has 0 fully saturated rings. The van der Waals surface area contributed by atoms with Gasteiger partial charge in [0, 0.05) is 13.1 Å². The van der Waals surface area contributed by atoms with Gasteiger partial charge in [0.05, 0.1) is 13.0 Å². The van der Waals surface area contributed by atoms with E-state index in [0.29, 0.717) is 13.1 Å².